The van der Waals surface area contributed by atoms with Crippen LogP contribution in [0.3, 0.4) is 0 Å². The molecule has 3 aliphatic heterocycles. The number of ketones is 4. The zero-order valence-electron chi connectivity index (χ0n) is 47.6. The molecule has 1 saturated carbocycles. The molecule has 0 amide bonds. The summed E-state index contributed by atoms with van der Waals surface area (Å²) in [6.45, 7) is -1.45. The number of benzene rings is 5. The number of aliphatic imine (C=N–C) groups is 1. The number of ether oxygens (including phenoxy) is 6. The van der Waals surface area contributed by atoms with Gasteiger partial charge in [0.15, 0.2) is 47.1 Å². The van der Waals surface area contributed by atoms with Crippen LogP contribution in [-0.2, 0) is 89.2 Å². The Balaban J connectivity index is 0.906. The fourth-order valence-electron chi connectivity index (χ4n) is 11.9. The number of halogens is 4. The van der Waals surface area contributed by atoms with E-state index in [1.807, 2.05) is 0 Å². The Morgan fingerprint density at radius 3 is 1.46 bits per heavy atom. The van der Waals surface area contributed by atoms with E-state index in [9.17, 15) is 36.7 Å². The zero-order chi connectivity index (χ0) is 63.7. The molecular weight excluding hydrogens is 1230 g/mol. The summed E-state index contributed by atoms with van der Waals surface area (Å²) in [5, 5.41) is -1.30. The number of carbonyl (C=O) groups is 8. The molecule has 6 unspecified atom stereocenters. The first kappa shape index (κ1) is 59.2. The Kier molecular flexibility index (Phi) is 15.1. The van der Waals surface area contributed by atoms with E-state index >= 15 is 19.2 Å². The van der Waals surface area contributed by atoms with Crippen LogP contribution in [0.1, 0.15) is 58.5 Å². The minimum Gasteiger partial charge on any atom is -0.462 e. The van der Waals surface area contributed by atoms with E-state index in [1.165, 1.54) is 0 Å². The van der Waals surface area contributed by atoms with E-state index < -0.39 is 128 Å². The lowest BCUT2D eigenvalue weighted by molar-refractivity contribution is -0.193. The number of hydrogen-bond donors (Lipinski definition) is 0. The smallest absolute Gasteiger partial charge is 0.369 e. The molecule has 8 aliphatic rings. The minimum atomic E-state index is -2.88. The van der Waals surface area contributed by atoms with Gasteiger partial charge in [0.25, 0.3) is 0 Å². The summed E-state index contributed by atoms with van der Waals surface area (Å²) >= 11 is 1.77. The molecule has 2 fully saturated rings. The maximum Gasteiger partial charge on any atom is 0.369 e. The standard InChI is InChI=1S/C70H44F4N2O14S2/c71-49-25-41-42(26-50(49)72)58(78)47(57(41)77)29-55-75-63-61(91-55)45-21-40-24-54-46(22-39(40)23-53(45)89-69(63,65(81)85-31-35-13-5-1-6-14-35)66(82)86-32-36-15-7-2-8-16-36)62-64(76-56(92-62)30-48-59(79)43-27-51(73)52(74)28-44(43)60(48)80)70(90-54,67(83)87-33-37-17-9-3-10-18-37)68(84)88-34-38-19-11-4-12-20-38/h1-30,39-40,49-50,61,63H,31-34H2. The van der Waals surface area contributed by atoms with E-state index in [0.717, 1.165) is 47.4 Å². The van der Waals surface area contributed by atoms with Crippen LogP contribution >= 0.6 is 23.1 Å². The molecule has 5 aliphatic carbocycles. The summed E-state index contributed by atoms with van der Waals surface area (Å²) in [6, 6.07) is 33.9. The number of allylic oxidation sites excluding steroid dienone is 12. The first-order valence-corrected chi connectivity index (χ1v) is 30.4. The summed E-state index contributed by atoms with van der Waals surface area (Å²) in [4.78, 5) is 126. The van der Waals surface area contributed by atoms with Crippen LogP contribution in [0.4, 0.5) is 17.6 Å². The number of carbonyl (C=O) groups excluding carboxylic acids is 8. The van der Waals surface area contributed by atoms with Crippen LogP contribution in [0, 0.1) is 23.5 Å². The van der Waals surface area contributed by atoms with Crippen molar-refractivity contribution in [2.24, 2.45) is 16.8 Å². The third kappa shape index (κ3) is 10.2. The molecule has 6 atom stereocenters. The van der Waals surface area contributed by atoms with Gasteiger partial charge < -0.3 is 28.4 Å². The van der Waals surface area contributed by atoms with Crippen molar-refractivity contribution in [3.63, 3.8) is 0 Å². The predicted molar refractivity (Wildman–Crippen MR) is 323 cm³/mol. The van der Waals surface area contributed by atoms with Crippen molar-refractivity contribution in [1.29, 1.82) is 0 Å². The highest BCUT2D eigenvalue weighted by Gasteiger charge is 2.67. The number of alkyl halides is 2. The van der Waals surface area contributed by atoms with Gasteiger partial charge >= 0.3 is 35.1 Å². The Labute approximate surface area is 527 Å². The highest BCUT2D eigenvalue weighted by atomic mass is 32.2. The van der Waals surface area contributed by atoms with Crippen LogP contribution in [0.5, 0.6) is 0 Å². The third-order valence-corrected chi connectivity index (χ3v) is 18.8. The van der Waals surface area contributed by atoms with Gasteiger partial charge in [0.1, 0.15) is 54.7 Å². The molecule has 16 nitrogen and oxygen atoms in total. The zero-order valence-corrected chi connectivity index (χ0v) is 49.2. The molecule has 92 heavy (non-hydrogen) atoms. The van der Waals surface area contributed by atoms with Gasteiger partial charge in [0, 0.05) is 45.3 Å². The van der Waals surface area contributed by atoms with Crippen LogP contribution in [0.25, 0.3) is 11.6 Å². The average Bonchev–Trinajstić information content (AvgIpc) is 1.07. The highest BCUT2D eigenvalue weighted by molar-refractivity contribution is 8.15. The van der Waals surface area contributed by atoms with Crippen molar-refractivity contribution >= 4 is 86.8 Å². The highest BCUT2D eigenvalue weighted by Crippen LogP contribution is 2.56. The minimum absolute atomic E-state index is 0.0378. The molecule has 4 heterocycles. The van der Waals surface area contributed by atoms with Gasteiger partial charge in [0.05, 0.1) is 26.3 Å². The van der Waals surface area contributed by atoms with Crippen LogP contribution < -0.4 is 0 Å². The van der Waals surface area contributed by atoms with Crippen LogP contribution in [0.2, 0.25) is 0 Å². The first-order valence-electron chi connectivity index (χ1n) is 28.7. The van der Waals surface area contributed by atoms with Gasteiger partial charge in [-0.1, -0.05) is 145 Å². The number of thiazole rings is 1. The average molecular weight is 1280 g/mol. The van der Waals surface area contributed by atoms with E-state index in [1.54, 1.807) is 146 Å². The Morgan fingerprint density at radius 2 is 0.967 bits per heavy atom. The summed E-state index contributed by atoms with van der Waals surface area (Å²) in [5.74, 6) is -13.2. The molecule has 22 heteroatoms. The van der Waals surface area contributed by atoms with Crippen molar-refractivity contribution in [3.8, 4) is 0 Å². The maximum atomic E-state index is 15.3. The molecular formula is C70H44F4N2O14S2. The lowest BCUT2D eigenvalue weighted by atomic mass is 9.74. The molecule has 0 bridgehead atoms. The lowest BCUT2D eigenvalue weighted by Crippen LogP contribution is -2.63. The van der Waals surface area contributed by atoms with Crippen molar-refractivity contribution in [3.05, 3.63) is 276 Å². The molecule has 0 radical (unpaired) electrons. The van der Waals surface area contributed by atoms with Crippen LogP contribution in [0.15, 0.2) is 220 Å². The van der Waals surface area contributed by atoms with Gasteiger partial charge in [0.2, 0.25) is 0 Å². The SMILES string of the molecule is O=C1C(=CC2=NC3C(S2)C2=CC4C=C5OC(C(=O)OCc6ccccc6)(C(=O)OCc6ccccc6)c6nc(C=C7C(=O)c8cc(F)c(F)cc8C7=O)sc6C5=CC4C=C2OC3(C(=O)OCc2ccccc2)C(=O)OCc2ccccc2)C(=O)C2=CC(F)C(F)C=C12. The number of hydrogen-bond acceptors (Lipinski definition) is 18. The van der Waals surface area contributed by atoms with Crippen molar-refractivity contribution < 1.29 is 84.3 Å². The molecule has 458 valence electrons. The molecule has 0 N–H and O–H groups in total. The van der Waals surface area contributed by atoms with Crippen molar-refractivity contribution in [2.45, 2.75) is 61.3 Å². The van der Waals surface area contributed by atoms with Gasteiger partial charge in [-0.2, -0.15) is 0 Å². The number of fused-ring (bicyclic) bond motifs is 9. The maximum absolute atomic E-state index is 15.3. The monoisotopic (exact) mass is 1280 g/mol. The molecule has 6 aromatic rings. The normalized spacial score (nSPS) is 22.4. The third-order valence-electron chi connectivity index (χ3n) is 16.5. The first-order chi connectivity index (χ1) is 44.5. The second-order valence-corrected chi connectivity index (χ2v) is 24.5. The van der Waals surface area contributed by atoms with Gasteiger partial charge in [-0.25, -0.2) is 41.7 Å². The summed E-state index contributed by atoms with van der Waals surface area (Å²) in [6.07, 6.45) is 5.95. The fraction of sp³-hybridized carbons (Fsp3) is 0.171. The lowest BCUT2D eigenvalue weighted by Gasteiger charge is -2.44. The van der Waals surface area contributed by atoms with Crippen molar-refractivity contribution in [1.82, 2.24) is 4.98 Å². The number of rotatable bonds is 14. The van der Waals surface area contributed by atoms with E-state index in [4.69, 9.17) is 38.4 Å². The molecule has 5 aromatic carbocycles. The number of nitrogens with zero attached hydrogens (tertiary/aromatic N) is 2. The topological polar surface area (TPSA) is 217 Å². The van der Waals surface area contributed by atoms with E-state index in [-0.39, 0.29) is 75.3 Å². The molecule has 0 spiro atoms. The number of Topliss-reactive ketones (excluding diaryl/α,β-unsaturated/α-hetero) is 4. The largest absolute Gasteiger partial charge is 0.462 e. The Morgan fingerprint density at radius 1 is 0.522 bits per heavy atom. The molecule has 1 saturated heterocycles. The van der Waals surface area contributed by atoms with Crippen LogP contribution in [-0.4, -0.2) is 86.3 Å². The quantitative estimate of drug-likeness (QED) is 0.0247. The van der Waals surface area contributed by atoms with E-state index in [2.05, 4.69) is 0 Å². The summed E-state index contributed by atoms with van der Waals surface area (Å²) < 4.78 is 95.9. The second kappa shape index (κ2) is 23.4. The Bertz CT molecular complexity index is 4340. The predicted octanol–water partition coefficient (Wildman–Crippen LogP) is 10.7. The number of esters is 4. The Hall–Kier alpha value is -10.5. The van der Waals surface area contributed by atoms with Gasteiger partial charge in [-0.05, 0) is 70.8 Å². The fourth-order valence-corrected chi connectivity index (χ4v) is 14.3. The van der Waals surface area contributed by atoms with Gasteiger partial charge in [-0.3, -0.25) is 24.2 Å². The van der Waals surface area contributed by atoms with Crippen molar-refractivity contribution in [2.75, 3.05) is 0 Å². The van der Waals surface area contributed by atoms with Gasteiger partial charge in [-0.15, -0.1) is 11.3 Å². The number of thioether (sulfide) groups is 1. The molecule has 14 rings (SSSR count). The van der Waals surface area contributed by atoms with E-state index in [0.29, 0.717) is 40.0 Å². The molecule has 1 aromatic heterocycles. The second-order valence-electron chi connectivity index (χ2n) is 22.3. The summed E-state index contributed by atoms with van der Waals surface area (Å²) in [7, 11) is 0. The summed E-state index contributed by atoms with van der Waals surface area (Å²) in [5.41, 5.74) is -5.85. The number of aromatic nitrogens is 1.